The Labute approximate surface area is 93.7 Å². The van der Waals surface area contributed by atoms with E-state index in [1.54, 1.807) is 29.2 Å². The van der Waals surface area contributed by atoms with Gasteiger partial charge in [0.2, 0.25) is 0 Å². The molecule has 1 heterocycles. The molecule has 2 rings (SSSR count). The number of nitrogens with two attached hydrogens (primary N) is 1. The van der Waals surface area contributed by atoms with E-state index in [2.05, 4.69) is 4.98 Å². The Morgan fingerprint density at radius 2 is 2.19 bits per heavy atom. The van der Waals surface area contributed by atoms with Crippen LogP contribution in [0.5, 0.6) is 0 Å². The molecule has 2 aromatic rings. The van der Waals surface area contributed by atoms with Gasteiger partial charge in [-0.25, -0.2) is 9.37 Å². The van der Waals surface area contributed by atoms with E-state index in [1.165, 1.54) is 6.07 Å². The van der Waals surface area contributed by atoms with Crippen LogP contribution in [0.1, 0.15) is 22.9 Å². The van der Waals surface area contributed by atoms with Gasteiger partial charge < -0.3 is 10.3 Å². The zero-order chi connectivity index (χ0) is 11.7. The van der Waals surface area contributed by atoms with E-state index in [0.717, 1.165) is 5.56 Å². The lowest BCUT2D eigenvalue weighted by Gasteiger charge is -2.11. The lowest BCUT2D eigenvalue weighted by molar-refractivity contribution is 0.597. The predicted octanol–water partition coefficient (Wildman–Crippen LogP) is 1.92. The summed E-state index contributed by atoms with van der Waals surface area (Å²) in [4.78, 5) is 4.13. The fourth-order valence-corrected chi connectivity index (χ4v) is 1.65. The van der Waals surface area contributed by atoms with Crippen LogP contribution >= 0.6 is 0 Å². The molecule has 0 bridgehead atoms. The van der Waals surface area contributed by atoms with Gasteiger partial charge in [0, 0.05) is 18.8 Å². The summed E-state index contributed by atoms with van der Waals surface area (Å²) in [5.41, 5.74) is 8.13. The monoisotopic (exact) mass is 219 g/mol. The van der Waals surface area contributed by atoms with E-state index in [9.17, 15) is 4.39 Å². The van der Waals surface area contributed by atoms with Crippen LogP contribution in [0.3, 0.4) is 0 Å². The van der Waals surface area contributed by atoms with Crippen LogP contribution < -0.4 is 5.73 Å². The topological polar surface area (TPSA) is 43.8 Å². The van der Waals surface area contributed by atoms with Crippen LogP contribution in [-0.4, -0.2) is 9.55 Å². The van der Waals surface area contributed by atoms with Gasteiger partial charge in [-0.15, -0.1) is 0 Å². The van der Waals surface area contributed by atoms with Crippen molar-refractivity contribution in [2.45, 2.75) is 13.0 Å². The van der Waals surface area contributed by atoms with Crippen molar-refractivity contribution < 1.29 is 4.39 Å². The Morgan fingerprint density at radius 3 is 2.81 bits per heavy atom. The molecular weight excluding hydrogens is 205 g/mol. The molecule has 1 aromatic heterocycles. The Balaban J connectivity index is 2.40. The molecule has 3 nitrogen and oxygen atoms in total. The van der Waals surface area contributed by atoms with Crippen LogP contribution in [0.4, 0.5) is 4.39 Å². The van der Waals surface area contributed by atoms with Crippen LogP contribution in [0.2, 0.25) is 0 Å². The number of nitrogens with zero attached hydrogens (tertiary/aromatic N) is 2. The van der Waals surface area contributed by atoms with Crippen molar-refractivity contribution in [3.63, 3.8) is 0 Å². The minimum absolute atomic E-state index is 0.288. The molecule has 1 unspecified atom stereocenters. The van der Waals surface area contributed by atoms with Crippen molar-refractivity contribution in [2.75, 3.05) is 0 Å². The molecular formula is C12H14FN3. The fourth-order valence-electron chi connectivity index (χ4n) is 1.65. The van der Waals surface area contributed by atoms with Crippen LogP contribution in [0, 0.1) is 12.7 Å². The predicted molar refractivity (Wildman–Crippen MR) is 60.4 cm³/mol. The lowest BCUT2D eigenvalue weighted by atomic mass is 10.0. The number of imidazole rings is 1. The number of aryl methyl sites for hydroxylation is 2. The fraction of sp³-hybridized carbons (Fsp3) is 0.250. The highest BCUT2D eigenvalue weighted by Gasteiger charge is 2.15. The van der Waals surface area contributed by atoms with Gasteiger partial charge in [0.05, 0.1) is 18.1 Å². The van der Waals surface area contributed by atoms with Crippen molar-refractivity contribution in [1.29, 1.82) is 0 Å². The normalized spacial score (nSPS) is 12.8. The summed E-state index contributed by atoms with van der Waals surface area (Å²) in [5.74, 6) is -0.288. The number of hydrogen-bond acceptors (Lipinski definition) is 2. The van der Waals surface area contributed by atoms with Crippen molar-refractivity contribution in [2.24, 2.45) is 12.8 Å². The summed E-state index contributed by atoms with van der Waals surface area (Å²) in [5, 5.41) is 0. The third-order valence-corrected chi connectivity index (χ3v) is 2.53. The van der Waals surface area contributed by atoms with E-state index < -0.39 is 6.04 Å². The highest BCUT2D eigenvalue weighted by molar-refractivity contribution is 5.31. The summed E-state index contributed by atoms with van der Waals surface area (Å²) >= 11 is 0. The number of hydrogen-bond donors (Lipinski definition) is 1. The number of aromatic nitrogens is 2. The first-order valence-electron chi connectivity index (χ1n) is 5.07. The maximum absolute atomic E-state index is 13.6. The van der Waals surface area contributed by atoms with Gasteiger partial charge in [0.25, 0.3) is 0 Å². The van der Waals surface area contributed by atoms with Gasteiger partial charge in [0.1, 0.15) is 5.82 Å². The first kappa shape index (κ1) is 10.8. The average Bonchev–Trinajstić information content (AvgIpc) is 2.67. The van der Waals surface area contributed by atoms with E-state index in [4.69, 9.17) is 5.73 Å². The van der Waals surface area contributed by atoms with Crippen molar-refractivity contribution in [3.8, 4) is 0 Å². The Hall–Kier alpha value is -1.68. The maximum Gasteiger partial charge on any atom is 0.128 e. The van der Waals surface area contributed by atoms with Crippen LogP contribution in [0.15, 0.2) is 30.7 Å². The SMILES string of the molecule is Cc1ccc(F)c(C(N)c2cn(C)cn2)c1. The first-order valence-corrected chi connectivity index (χ1v) is 5.07. The molecule has 84 valence electrons. The van der Waals surface area contributed by atoms with Gasteiger partial charge >= 0.3 is 0 Å². The Morgan fingerprint density at radius 1 is 1.44 bits per heavy atom. The molecule has 2 N–H and O–H groups in total. The summed E-state index contributed by atoms with van der Waals surface area (Å²) in [6, 6.07) is 4.41. The zero-order valence-electron chi connectivity index (χ0n) is 9.31. The van der Waals surface area contributed by atoms with E-state index in [0.29, 0.717) is 11.3 Å². The summed E-state index contributed by atoms with van der Waals surface area (Å²) in [6.45, 7) is 1.91. The smallest absolute Gasteiger partial charge is 0.128 e. The maximum atomic E-state index is 13.6. The molecule has 0 saturated carbocycles. The number of rotatable bonds is 2. The second-order valence-electron chi connectivity index (χ2n) is 3.97. The number of halogens is 1. The van der Waals surface area contributed by atoms with Gasteiger partial charge in [-0.05, 0) is 13.0 Å². The van der Waals surface area contributed by atoms with Gasteiger partial charge in [0.15, 0.2) is 0 Å². The van der Waals surface area contributed by atoms with E-state index in [-0.39, 0.29) is 5.82 Å². The largest absolute Gasteiger partial charge is 0.340 e. The molecule has 0 fully saturated rings. The van der Waals surface area contributed by atoms with Crippen LogP contribution in [0.25, 0.3) is 0 Å². The highest BCUT2D eigenvalue weighted by atomic mass is 19.1. The Bertz CT molecular complexity index is 505. The second-order valence-corrected chi connectivity index (χ2v) is 3.97. The zero-order valence-corrected chi connectivity index (χ0v) is 9.31. The molecule has 0 spiro atoms. The van der Waals surface area contributed by atoms with Crippen molar-refractivity contribution in [3.05, 3.63) is 53.4 Å². The van der Waals surface area contributed by atoms with Crippen molar-refractivity contribution >= 4 is 0 Å². The summed E-state index contributed by atoms with van der Waals surface area (Å²) < 4.78 is 15.4. The van der Waals surface area contributed by atoms with Gasteiger partial charge in [-0.1, -0.05) is 17.7 Å². The molecule has 0 saturated heterocycles. The molecule has 1 atom stereocenters. The summed E-state index contributed by atoms with van der Waals surface area (Å²) in [7, 11) is 1.86. The molecule has 4 heteroatoms. The third kappa shape index (κ3) is 1.97. The summed E-state index contributed by atoms with van der Waals surface area (Å²) in [6.07, 6.45) is 3.45. The van der Waals surface area contributed by atoms with Crippen molar-refractivity contribution in [1.82, 2.24) is 9.55 Å². The minimum atomic E-state index is -0.513. The van der Waals surface area contributed by atoms with E-state index in [1.807, 2.05) is 14.0 Å². The lowest BCUT2D eigenvalue weighted by Crippen LogP contribution is -2.14. The molecule has 0 amide bonds. The quantitative estimate of drug-likeness (QED) is 0.838. The molecule has 0 aliphatic heterocycles. The average molecular weight is 219 g/mol. The number of benzene rings is 1. The minimum Gasteiger partial charge on any atom is -0.340 e. The standard InChI is InChI=1S/C12H14FN3/c1-8-3-4-10(13)9(5-8)12(14)11-6-16(2)7-15-11/h3-7,12H,14H2,1-2H3. The molecule has 0 aliphatic rings. The molecule has 0 radical (unpaired) electrons. The molecule has 1 aromatic carbocycles. The third-order valence-electron chi connectivity index (χ3n) is 2.53. The molecule has 0 aliphatic carbocycles. The van der Waals surface area contributed by atoms with E-state index >= 15 is 0 Å². The Kier molecular flexibility index (Phi) is 2.75. The molecule has 16 heavy (non-hydrogen) atoms. The van der Waals surface area contributed by atoms with Gasteiger partial charge in [-0.3, -0.25) is 0 Å². The van der Waals surface area contributed by atoms with Gasteiger partial charge in [-0.2, -0.15) is 0 Å². The second kappa shape index (κ2) is 4.06. The highest BCUT2D eigenvalue weighted by Crippen LogP contribution is 2.21. The van der Waals surface area contributed by atoms with Crippen LogP contribution in [-0.2, 0) is 7.05 Å². The first-order chi connectivity index (χ1) is 7.58.